The Morgan fingerprint density at radius 2 is 2.33 bits per heavy atom. The van der Waals surface area contributed by atoms with Crippen molar-refractivity contribution in [3.8, 4) is 5.75 Å². The van der Waals surface area contributed by atoms with Crippen LogP contribution >= 0.6 is 11.6 Å². The smallest absolute Gasteiger partial charge is 0.123 e. The van der Waals surface area contributed by atoms with Crippen LogP contribution in [0.2, 0.25) is 5.02 Å². The molecule has 100 valence electrons. The number of halogens is 1. The zero-order valence-corrected chi connectivity index (χ0v) is 11.6. The van der Waals surface area contributed by atoms with E-state index in [4.69, 9.17) is 22.1 Å². The van der Waals surface area contributed by atoms with Crippen molar-refractivity contribution in [3.05, 3.63) is 28.8 Å². The van der Waals surface area contributed by atoms with Crippen molar-refractivity contribution in [1.82, 2.24) is 4.90 Å². The Morgan fingerprint density at radius 3 is 3.06 bits per heavy atom. The van der Waals surface area contributed by atoms with Gasteiger partial charge in [-0.2, -0.15) is 0 Å². The maximum atomic E-state index is 6.07. The molecule has 0 aliphatic carbocycles. The Balaban J connectivity index is 2.14. The number of hydrogen-bond donors (Lipinski definition) is 1. The van der Waals surface area contributed by atoms with Gasteiger partial charge in [0.05, 0.1) is 6.61 Å². The van der Waals surface area contributed by atoms with Crippen molar-refractivity contribution >= 4 is 11.6 Å². The standard InChI is InChI=1S/C14H21ClN2O/c1-2-18-14-6-5-12(15)8-11(14)10-17-7-3-4-13(17)9-16/h5-6,8,13H,2-4,7,9-10,16H2,1H3/t13-/m1/s1. The molecule has 1 aromatic rings. The maximum Gasteiger partial charge on any atom is 0.123 e. The van der Waals surface area contributed by atoms with Crippen LogP contribution in [-0.4, -0.2) is 30.6 Å². The summed E-state index contributed by atoms with van der Waals surface area (Å²) in [6, 6.07) is 6.33. The topological polar surface area (TPSA) is 38.5 Å². The first-order valence-corrected chi connectivity index (χ1v) is 6.97. The number of likely N-dealkylation sites (tertiary alicyclic amines) is 1. The van der Waals surface area contributed by atoms with E-state index in [2.05, 4.69) is 4.90 Å². The van der Waals surface area contributed by atoms with Crippen LogP contribution in [0.1, 0.15) is 25.3 Å². The number of nitrogens with two attached hydrogens (primary N) is 1. The normalized spacial score (nSPS) is 20.3. The highest BCUT2D eigenvalue weighted by Crippen LogP contribution is 2.27. The molecule has 0 radical (unpaired) electrons. The summed E-state index contributed by atoms with van der Waals surface area (Å²) in [5.74, 6) is 0.935. The molecule has 0 spiro atoms. The molecule has 1 aliphatic rings. The third-order valence-electron chi connectivity index (χ3n) is 3.47. The second-order valence-corrected chi connectivity index (χ2v) is 5.12. The van der Waals surface area contributed by atoms with Gasteiger partial charge in [-0.25, -0.2) is 0 Å². The van der Waals surface area contributed by atoms with Crippen LogP contribution in [0.5, 0.6) is 5.75 Å². The van der Waals surface area contributed by atoms with Crippen LogP contribution in [0.15, 0.2) is 18.2 Å². The Labute approximate surface area is 114 Å². The SMILES string of the molecule is CCOc1ccc(Cl)cc1CN1CCC[C@@H]1CN. The van der Waals surface area contributed by atoms with E-state index < -0.39 is 0 Å². The van der Waals surface area contributed by atoms with Gasteiger partial charge in [0.2, 0.25) is 0 Å². The summed E-state index contributed by atoms with van der Waals surface area (Å²) in [6.07, 6.45) is 2.42. The molecule has 18 heavy (non-hydrogen) atoms. The molecule has 0 amide bonds. The first-order valence-electron chi connectivity index (χ1n) is 6.60. The van der Waals surface area contributed by atoms with Gasteiger partial charge in [0.1, 0.15) is 5.75 Å². The Kier molecular flexibility index (Phi) is 4.87. The second kappa shape index (κ2) is 6.41. The zero-order valence-electron chi connectivity index (χ0n) is 10.9. The molecule has 2 rings (SSSR count). The van der Waals surface area contributed by atoms with E-state index in [1.54, 1.807) is 0 Å². The van der Waals surface area contributed by atoms with Crippen LogP contribution in [0, 0.1) is 0 Å². The maximum absolute atomic E-state index is 6.07. The molecule has 0 unspecified atom stereocenters. The van der Waals surface area contributed by atoms with E-state index in [1.165, 1.54) is 12.8 Å². The number of hydrogen-bond acceptors (Lipinski definition) is 3. The summed E-state index contributed by atoms with van der Waals surface area (Å²) in [5, 5.41) is 0.761. The van der Waals surface area contributed by atoms with Crippen molar-refractivity contribution in [2.24, 2.45) is 5.73 Å². The molecule has 1 fully saturated rings. The number of nitrogens with zero attached hydrogens (tertiary/aromatic N) is 1. The molecule has 4 heteroatoms. The monoisotopic (exact) mass is 268 g/mol. The third kappa shape index (κ3) is 3.16. The molecular formula is C14H21ClN2O. The lowest BCUT2D eigenvalue weighted by Crippen LogP contribution is -2.34. The molecule has 2 N–H and O–H groups in total. The third-order valence-corrected chi connectivity index (χ3v) is 3.70. The van der Waals surface area contributed by atoms with Crippen molar-refractivity contribution in [2.75, 3.05) is 19.7 Å². The van der Waals surface area contributed by atoms with E-state index in [9.17, 15) is 0 Å². The van der Waals surface area contributed by atoms with Gasteiger partial charge in [-0.1, -0.05) is 11.6 Å². The summed E-state index contributed by atoms with van der Waals surface area (Å²) in [6.45, 7) is 5.38. The number of ether oxygens (including phenoxy) is 1. The minimum atomic E-state index is 0.499. The van der Waals surface area contributed by atoms with Gasteiger partial charge in [-0.15, -0.1) is 0 Å². The zero-order chi connectivity index (χ0) is 13.0. The molecule has 0 saturated carbocycles. The molecule has 1 heterocycles. The lowest BCUT2D eigenvalue weighted by atomic mass is 10.1. The summed E-state index contributed by atoms with van der Waals surface area (Å²) in [5.41, 5.74) is 6.96. The molecule has 0 aromatic heterocycles. The molecular weight excluding hydrogens is 248 g/mol. The predicted molar refractivity (Wildman–Crippen MR) is 75.1 cm³/mol. The average molecular weight is 269 g/mol. The highest BCUT2D eigenvalue weighted by Gasteiger charge is 2.24. The summed E-state index contributed by atoms with van der Waals surface area (Å²) >= 11 is 6.07. The van der Waals surface area contributed by atoms with Crippen molar-refractivity contribution < 1.29 is 4.74 Å². The van der Waals surface area contributed by atoms with Crippen molar-refractivity contribution in [2.45, 2.75) is 32.4 Å². The number of benzene rings is 1. The molecule has 1 aromatic carbocycles. The molecule has 1 saturated heterocycles. The minimum Gasteiger partial charge on any atom is -0.494 e. The molecule has 1 aliphatic heterocycles. The number of rotatable bonds is 5. The molecule has 0 bridgehead atoms. The van der Waals surface area contributed by atoms with Crippen LogP contribution in [-0.2, 0) is 6.54 Å². The van der Waals surface area contributed by atoms with Crippen LogP contribution < -0.4 is 10.5 Å². The Bertz CT molecular complexity index is 397. The molecule has 3 nitrogen and oxygen atoms in total. The quantitative estimate of drug-likeness (QED) is 0.892. The van der Waals surface area contributed by atoms with E-state index in [0.29, 0.717) is 12.6 Å². The summed E-state index contributed by atoms with van der Waals surface area (Å²) in [7, 11) is 0. The lowest BCUT2D eigenvalue weighted by molar-refractivity contribution is 0.243. The first kappa shape index (κ1) is 13.7. The Hall–Kier alpha value is -0.770. The first-order chi connectivity index (χ1) is 8.74. The second-order valence-electron chi connectivity index (χ2n) is 4.69. The lowest BCUT2D eigenvalue weighted by Gasteiger charge is -2.24. The molecule has 1 atom stereocenters. The largest absolute Gasteiger partial charge is 0.494 e. The average Bonchev–Trinajstić information content (AvgIpc) is 2.80. The van der Waals surface area contributed by atoms with Gasteiger partial charge in [0.25, 0.3) is 0 Å². The van der Waals surface area contributed by atoms with Gasteiger partial charge in [-0.3, -0.25) is 4.90 Å². The summed E-state index contributed by atoms with van der Waals surface area (Å²) < 4.78 is 5.65. The fourth-order valence-electron chi connectivity index (χ4n) is 2.56. The van der Waals surface area contributed by atoms with Gasteiger partial charge >= 0.3 is 0 Å². The fourth-order valence-corrected chi connectivity index (χ4v) is 2.75. The van der Waals surface area contributed by atoms with Crippen LogP contribution in [0.25, 0.3) is 0 Å². The fraction of sp³-hybridized carbons (Fsp3) is 0.571. The predicted octanol–water partition coefficient (Wildman–Crippen LogP) is 2.66. The van der Waals surface area contributed by atoms with Crippen LogP contribution in [0.4, 0.5) is 0 Å². The van der Waals surface area contributed by atoms with Gasteiger partial charge < -0.3 is 10.5 Å². The van der Waals surface area contributed by atoms with E-state index >= 15 is 0 Å². The van der Waals surface area contributed by atoms with Gasteiger partial charge in [-0.05, 0) is 44.5 Å². The van der Waals surface area contributed by atoms with E-state index in [0.717, 1.165) is 36.0 Å². The van der Waals surface area contributed by atoms with Crippen molar-refractivity contribution in [1.29, 1.82) is 0 Å². The van der Waals surface area contributed by atoms with Gasteiger partial charge in [0.15, 0.2) is 0 Å². The van der Waals surface area contributed by atoms with Crippen LogP contribution in [0.3, 0.4) is 0 Å². The highest BCUT2D eigenvalue weighted by molar-refractivity contribution is 6.30. The van der Waals surface area contributed by atoms with E-state index in [-0.39, 0.29) is 0 Å². The van der Waals surface area contributed by atoms with Crippen molar-refractivity contribution in [3.63, 3.8) is 0 Å². The highest BCUT2D eigenvalue weighted by atomic mass is 35.5. The Morgan fingerprint density at radius 1 is 1.50 bits per heavy atom. The summed E-state index contributed by atoms with van der Waals surface area (Å²) in [4.78, 5) is 2.42. The minimum absolute atomic E-state index is 0.499. The van der Waals surface area contributed by atoms with Gasteiger partial charge in [0, 0.05) is 29.7 Å². The van der Waals surface area contributed by atoms with E-state index in [1.807, 2.05) is 25.1 Å².